The number of hydrogen-bond donors (Lipinski definition) is 1. The molecule has 1 aliphatic heterocycles. The van der Waals surface area contributed by atoms with Gasteiger partial charge in [0.15, 0.2) is 0 Å². The number of nitrogens with one attached hydrogen (secondary N) is 1. The van der Waals surface area contributed by atoms with Crippen molar-refractivity contribution in [2.45, 2.75) is 6.92 Å². The number of nitriles is 1. The standard InChI is InChI=1S/C16H13N3O/c1-11-5-7-13(8-6-11)19-10-15(20)18-16-12(9-17)3-2-4-14(16)19/h2-8H,10H2,1H3,(H,18,20). The summed E-state index contributed by atoms with van der Waals surface area (Å²) >= 11 is 0. The zero-order valence-electron chi connectivity index (χ0n) is 11.1. The number of benzene rings is 2. The lowest BCUT2D eigenvalue weighted by Crippen LogP contribution is -2.35. The maximum absolute atomic E-state index is 11.9. The molecule has 0 bridgehead atoms. The van der Waals surface area contributed by atoms with Gasteiger partial charge in [0.1, 0.15) is 12.6 Å². The van der Waals surface area contributed by atoms with Crippen molar-refractivity contribution in [1.29, 1.82) is 5.26 Å². The molecule has 0 saturated heterocycles. The molecule has 0 unspecified atom stereocenters. The molecule has 1 heterocycles. The first-order valence-electron chi connectivity index (χ1n) is 6.36. The van der Waals surface area contributed by atoms with Crippen LogP contribution in [0.25, 0.3) is 0 Å². The molecule has 0 saturated carbocycles. The largest absolute Gasteiger partial charge is 0.330 e. The van der Waals surface area contributed by atoms with E-state index in [0.717, 1.165) is 11.4 Å². The van der Waals surface area contributed by atoms with Crippen LogP contribution in [0.1, 0.15) is 11.1 Å². The number of rotatable bonds is 1. The van der Waals surface area contributed by atoms with Crippen LogP contribution in [0.3, 0.4) is 0 Å². The van der Waals surface area contributed by atoms with Gasteiger partial charge in [-0.3, -0.25) is 4.79 Å². The molecule has 4 nitrogen and oxygen atoms in total. The first kappa shape index (κ1) is 12.2. The first-order valence-corrected chi connectivity index (χ1v) is 6.36. The molecule has 0 atom stereocenters. The average Bonchev–Trinajstić information content (AvgIpc) is 2.46. The van der Waals surface area contributed by atoms with Crippen LogP contribution in [-0.2, 0) is 4.79 Å². The van der Waals surface area contributed by atoms with Gasteiger partial charge in [0.2, 0.25) is 5.91 Å². The molecule has 1 aliphatic rings. The predicted octanol–water partition coefficient (Wildman–Crippen LogP) is 2.96. The summed E-state index contributed by atoms with van der Waals surface area (Å²) in [6.45, 7) is 2.28. The molecule has 98 valence electrons. The molecule has 0 spiro atoms. The van der Waals surface area contributed by atoms with Gasteiger partial charge in [-0.05, 0) is 31.2 Å². The summed E-state index contributed by atoms with van der Waals surface area (Å²) in [6, 6.07) is 15.5. The minimum Gasteiger partial charge on any atom is -0.330 e. The van der Waals surface area contributed by atoms with Gasteiger partial charge in [0.25, 0.3) is 0 Å². The molecular weight excluding hydrogens is 250 g/mol. The number of anilines is 3. The summed E-state index contributed by atoms with van der Waals surface area (Å²) in [4.78, 5) is 13.8. The van der Waals surface area contributed by atoms with Crippen LogP contribution >= 0.6 is 0 Å². The van der Waals surface area contributed by atoms with Gasteiger partial charge < -0.3 is 10.2 Å². The lowest BCUT2D eigenvalue weighted by molar-refractivity contribution is -0.115. The van der Waals surface area contributed by atoms with Crippen molar-refractivity contribution in [2.24, 2.45) is 0 Å². The van der Waals surface area contributed by atoms with Gasteiger partial charge in [-0.1, -0.05) is 23.8 Å². The van der Waals surface area contributed by atoms with E-state index in [-0.39, 0.29) is 12.5 Å². The van der Waals surface area contributed by atoms with Crippen molar-refractivity contribution in [3.63, 3.8) is 0 Å². The summed E-state index contributed by atoms with van der Waals surface area (Å²) in [5, 5.41) is 11.9. The van der Waals surface area contributed by atoms with Crippen LogP contribution < -0.4 is 10.2 Å². The normalized spacial score (nSPS) is 13.4. The molecular formula is C16H13N3O. The number of hydrogen-bond acceptors (Lipinski definition) is 3. The molecule has 1 N–H and O–H groups in total. The second-order valence-corrected chi connectivity index (χ2v) is 4.78. The van der Waals surface area contributed by atoms with Gasteiger partial charge in [0.05, 0.1) is 16.9 Å². The van der Waals surface area contributed by atoms with Gasteiger partial charge in [-0.15, -0.1) is 0 Å². The highest BCUT2D eigenvalue weighted by molar-refractivity contribution is 6.04. The van der Waals surface area contributed by atoms with Gasteiger partial charge in [-0.25, -0.2) is 0 Å². The molecule has 4 heteroatoms. The fourth-order valence-electron chi connectivity index (χ4n) is 2.35. The lowest BCUT2D eigenvalue weighted by atomic mass is 10.1. The smallest absolute Gasteiger partial charge is 0.244 e. The number of para-hydroxylation sites is 1. The van der Waals surface area contributed by atoms with E-state index < -0.39 is 0 Å². The highest BCUT2D eigenvalue weighted by atomic mass is 16.2. The average molecular weight is 263 g/mol. The van der Waals surface area contributed by atoms with Crippen molar-refractivity contribution in [2.75, 3.05) is 16.8 Å². The van der Waals surface area contributed by atoms with Gasteiger partial charge in [-0.2, -0.15) is 5.26 Å². The van der Waals surface area contributed by atoms with Crippen LogP contribution in [0.15, 0.2) is 42.5 Å². The van der Waals surface area contributed by atoms with E-state index in [4.69, 9.17) is 5.26 Å². The fourth-order valence-corrected chi connectivity index (χ4v) is 2.35. The molecule has 0 radical (unpaired) electrons. The van der Waals surface area contributed by atoms with Crippen molar-refractivity contribution in [3.8, 4) is 6.07 Å². The number of fused-ring (bicyclic) bond motifs is 1. The number of nitrogens with zero attached hydrogens (tertiary/aromatic N) is 2. The van der Waals surface area contributed by atoms with E-state index in [1.54, 1.807) is 6.07 Å². The maximum atomic E-state index is 11.9. The fraction of sp³-hybridized carbons (Fsp3) is 0.125. The Morgan fingerprint density at radius 1 is 1.20 bits per heavy atom. The van der Waals surface area contributed by atoms with Gasteiger partial charge >= 0.3 is 0 Å². The highest BCUT2D eigenvalue weighted by Gasteiger charge is 2.25. The Hall–Kier alpha value is -2.80. The monoisotopic (exact) mass is 263 g/mol. The predicted molar refractivity (Wildman–Crippen MR) is 78.0 cm³/mol. The quantitative estimate of drug-likeness (QED) is 0.860. The minimum absolute atomic E-state index is 0.110. The van der Waals surface area contributed by atoms with E-state index in [0.29, 0.717) is 11.3 Å². The second-order valence-electron chi connectivity index (χ2n) is 4.78. The van der Waals surface area contributed by atoms with Crippen molar-refractivity contribution in [3.05, 3.63) is 53.6 Å². The highest BCUT2D eigenvalue weighted by Crippen LogP contribution is 2.36. The molecule has 2 aromatic carbocycles. The van der Waals surface area contributed by atoms with E-state index in [1.807, 2.05) is 48.2 Å². The Bertz CT molecular complexity index is 713. The van der Waals surface area contributed by atoms with Crippen LogP contribution in [0.5, 0.6) is 0 Å². The summed E-state index contributed by atoms with van der Waals surface area (Å²) < 4.78 is 0. The molecule has 3 rings (SSSR count). The third kappa shape index (κ3) is 1.99. The van der Waals surface area contributed by atoms with Crippen LogP contribution in [0.4, 0.5) is 17.1 Å². The summed E-state index contributed by atoms with van der Waals surface area (Å²) in [5.41, 5.74) is 4.04. The van der Waals surface area contributed by atoms with E-state index >= 15 is 0 Å². The van der Waals surface area contributed by atoms with Crippen molar-refractivity contribution in [1.82, 2.24) is 0 Å². The molecule has 0 aliphatic carbocycles. The Morgan fingerprint density at radius 3 is 2.65 bits per heavy atom. The Morgan fingerprint density at radius 2 is 1.95 bits per heavy atom. The number of aryl methyl sites for hydroxylation is 1. The third-order valence-corrected chi connectivity index (χ3v) is 3.37. The zero-order valence-corrected chi connectivity index (χ0v) is 11.1. The second kappa shape index (κ2) is 4.71. The minimum atomic E-state index is -0.110. The molecule has 0 aromatic heterocycles. The number of carbonyl (C=O) groups excluding carboxylic acids is 1. The number of amides is 1. The molecule has 20 heavy (non-hydrogen) atoms. The van der Waals surface area contributed by atoms with Crippen LogP contribution in [0.2, 0.25) is 0 Å². The summed E-state index contributed by atoms with van der Waals surface area (Å²) in [7, 11) is 0. The Labute approximate surface area is 117 Å². The van der Waals surface area contributed by atoms with Crippen molar-refractivity contribution < 1.29 is 4.79 Å². The maximum Gasteiger partial charge on any atom is 0.244 e. The lowest BCUT2D eigenvalue weighted by Gasteiger charge is -2.31. The third-order valence-electron chi connectivity index (χ3n) is 3.37. The topological polar surface area (TPSA) is 56.1 Å². The van der Waals surface area contributed by atoms with E-state index in [2.05, 4.69) is 11.4 Å². The first-order chi connectivity index (χ1) is 9.69. The van der Waals surface area contributed by atoms with E-state index in [1.165, 1.54) is 5.56 Å². The van der Waals surface area contributed by atoms with Crippen LogP contribution in [0, 0.1) is 18.3 Å². The summed E-state index contributed by atoms with van der Waals surface area (Å²) in [5.74, 6) is -0.110. The SMILES string of the molecule is Cc1ccc(N2CC(=O)Nc3c(C#N)cccc32)cc1. The summed E-state index contributed by atoms with van der Waals surface area (Å²) in [6.07, 6.45) is 0. The van der Waals surface area contributed by atoms with E-state index in [9.17, 15) is 4.79 Å². The molecule has 0 fully saturated rings. The van der Waals surface area contributed by atoms with Gasteiger partial charge in [0, 0.05) is 5.69 Å². The molecule has 2 aromatic rings. The Kier molecular flexibility index (Phi) is 2.88. The number of carbonyl (C=O) groups is 1. The van der Waals surface area contributed by atoms with Crippen molar-refractivity contribution >= 4 is 23.0 Å². The molecule has 1 amide bonds. The van der Waals surface area contributed by atoms with Crippen LogP contribution in [-0.4, -0.2) is 12.5 Å². The zero-order chi connectivity index (χ0) is 14.1. The Balaban J connectivity index is 2.13.